The number of H-pyrrole nitrogens is 1. The second-order valence-corrected chi connectivity index (χ2v) is 5.08. The van der Waals surface area contributed by atoms with E-state index in [0.717, 1.165) is 20.9 Å². The van der Waals surface area contributed by atoms with E-state index in [0.29, 0.717) is 5.56 Å². The van der Waals surface area contributed by atoms with Crippen LogP contribution in [0.15, 0.2) is 53.1 Å². The third-order valence-corrected chi connectivity index (χ3v) is 3.53. The first-order valence-electron chi connectivity index (χ1n) is 5.67. The normalized spacial score (nSPS) is 10.8. The van der Waals surface area contributed by atoms with Crippen LogP contribution in [0.4, 0.5) is 5.69 Å². The summed E-state index contributed by atoms with van der Waals surface area (Å²) in [7, 11) is 0. The number of rotatable bonds is 2. The van der Waals surface area contributed by atoms with Gasteiger partial charge in [-0.25, -0.2) is 0 Å². The first kappa shape index (κ1) is 11.9. The number of nitro groups is 1. The van der Waals surface area contributed by atoms with E-state index in [2.05, 4.69) is 20.9 Å². The van der Waals surface area contributed by atoms with Crippen molar-refractivity contribution >= 4 is 32.5 Å². The number of nitro benzene ring substituents is 1. The first-order chi connectivity index (χ1) is 9.16. The van der Waals surface area contributed by atoms with Gasteiger partial charge in [-0.3, -0.25) is 10.1 Å². The summed E-state index contributed by atoms with van der Waals surface area (Å²) in [5.74, 6) is 0. The molecule has 0 unspecified atom stereocenters. The van der Waals surface area contributed by atoms with Crippen LogP contribution >= 0.6 is 15.9 Å². The molecule has 0 radical (unpaired) electrons. The van der Waals surface area contributed by atoms with Crippen LogP contribution in [0, 0.1) is 10.1 Å². The van der Waals surface area contributed by atoms with Gasteiger partial charge in [0.05, 0.1) is 10.5 Å². The van der Waals surface area contributed by atoms with E-state index >= 15 is 0 Å². The van der Waals surface area contributed by atoms with Crippen LogP contribution in [0.5, 0.6) is 0 Å². The fourth-order valence-corrected chi connectivity index (χ4v) is 2.54. The predicted molar refractivity (Wildman–Crippen MR) is 78.1 cm³/mol. The summed E-state index contributed by atoms with van der Waals surface area (Å²) < 4.78 is 0.818. The molecular weight excluding hydrogens is 308 g/mol. The van der Waals surface area contributed by atoms with Gasteiger partial charge in [-0.05, 0) is 18.2 Å². The number of hydrogen-bond acceptors (Lipinski definition) is 2. The Bertz CT molecular complexity index is 780. The molecule has 0 saturated heterocycles. The standard InChI is InChI=1S/C14H9BrN2O2/c15-9-5-6-14(17(18)19)11(7-9)12-8-16-13-4-2-1-3-10(12)13/h1-8,16H. The van der Waals surface area contributed by atoms with Crippen LogP contribution in [0.25, 0.3) is 22.0 Å². The number of hydrogen-bond donors (Lipinski definition) is 1. The second kappa shape index (κ2) is 4.51. The molecule has 19 heavy (non-hydrogen) atoms. The van der Waals surface area contributed by atoms with Crippen molar-refractivity contribution in [1.29, 1.82) is 0 Å². The fraction of sp³-hybridized carbons (Fsp3) is 0. The highest BCUT2D eigenvalue weighted by Gasteiger charge is 2.18. The molecule has 3 aromatic rings. The molecule has 2 aromatic carbocycles. The Labute approximate surface area is 117 Å². The van der Waals surface area contributed by atoms with E-state index < -0.39 is 0 Å². The SMILES string of the molecule is O=[N+]([O-])c1ccc(Br)cc1-c1c[nH]c2ccccc12. The van der Waals surface area contributed by atoms with Crippen molar-refractivity contribution < 1.29 is 4.92 Å². The minimum Gasteiger partial charge on any atom is -0.361 e. The third-order valence-electron chi connectivity index (χ3n) is 3.03. The van der Waals surface area contributed by atoms with E-state index in [1.807, 2.05) is 24.3 Å². The monoisotopic (exact) mass is 316 g/mol. The lowest BCUT2D eigenvalue weighted by Crippen LogP contribution is -1.91. The maximum Gasteiger partial charge on any atom is 0.277 e. The number of nitrogens with one attached hydrogen (secondary N) is 1. The average molecular weight is 317 g/mol. The highest BCUT2D eigenvalue weighted by atomic mass is 79.9. The third kappa shape index (κ3) is 2.02. The lowest BCUT2D eigenvalue weighted by molar-refractivity contribution is -0.384. The quantitative estimate of drug-likeness (QED) is 0.558. The number of para-hydroxylation sites is 1. The molecule has 1 N–H and O–H groups in total. The van der Waals surface area contributed by atoms with E-state index in [-0.39, 0.29) is 10.6 Å². The van der Waals surface area contributed by atoms with Crippen molar-refractivity contribution in [2.45, 2.75) is 0 Å². The van der Waals surface area contributed by atoms with Crippen molar-refractivity contribution in [3.05, 3.63) is 63.2 Å². The van der Waals surface area contributed by atoms with Gasteiger partial charge in [-0.2, -0.15) is 0 Å². The highest BCUT2D eigenvalue weighted by Crippen LogP contribution is 2.36. The van der Waals surface area contributed by atoms with Crippen LogP contribution in [-0.2, 0) is 0 Å². The van der Waals surface area contributed by atoms with Gasteiger partial charge in [-0.15, -0.1) is 0 Å². The number of aromatic amines is 1. The molecule has 5 heteroatoms. The predicted octanol–water partition coefficient (Wildman–Crippen LogP) is 4.51. The van der Waals surface area contributed by atoms with Crippen molar-refractivity contribution in [3.63, 3.8) is 0 Å². The van der Waals surface area contributed by atoms with Crippen LogP contribution in [-0.4, -0.2) is 9.91 Å². The molecule has 0 aliphatic heterocycles. The Morgan fingerprint density at radius 1 is 1.11 bits per heavy atom. The van der Waals surface area contributed by atoms with Crippen LogP contribution in [0.3, 0.4) is 0 Å². The van der Waals surface area contributed by atoms with Gasteiger partial charge in [0.1, 0.15) is 0 Å². The molecule has 0 amide bonds. The van der Waals surface area contributed by atoms with Gasteiger partial charge >= 0.3 is 0 Å². The zero-order chi connectivity index (χ0) is 13.4. The van der Waals surface area contributed by atoms with E-state index in [4.69, 9.17) is 0 Å². The molecule has 0 saturated carbocycles. The Hall–Kier alpha value is -2.14. The highest BCUT2D eigenvalue weighted by molar-refractivity contribution is 9.10. The Morgan fingerprint density at radius 3 is 2.68 bits per heavy atom. The van der Waals surface area contributed by atoms with Gasteiger partial charge in [0, 0.05) is 33.2 Å². The topological polar surface area (TPSA) is 58.9 Å². The van der Waals surface area contributed by atoms with Crippen LogP contribution in [0.1, 0.15) is 0 Å². The zero-order valence-corrected chi connectivity index (χ0v) is 11.3. The molecule has 0 bridgehead atoms. The fourth-order valence-electron chi connectivity index (χ4n) is 2.18. The second-order valence-electron chi connectivity index (χ2n) is 4.17. The molecule has 0 atom stereocenters. The van der Waals surface area contributed by atoms with Gasteiger partial charge < -0.3 is 4.98 Å². The summed E-state index contributed by atoms with van der Waals surface area (Å²) in [5, 5.41) is 12.1. The minimum absolute atomic E-state index is 0.105. The summed E-state index contributed by atoms with van der Waals surface area (Å²) in [5.41, 5.74) is 2.51. The van der Waals surface area contributed by atoms with Crippen molar-refractivity contribution in [2.75, 3.05) is 0 Å². The molecule has 94 valence electrons. The van der Waals surface area contributed by atoms with Gasteiger partial charge in [-0.1, -0.05) is 34.1 Å². The maximum absolute atomic E-state index is 11.1. The first-order valence-corrected chi connectivity index (χ1v) is 6.46. The summed E-state index contributed by atoms with van der Waals surface area (Å²) in [6, 6.07) is 12.7. The van der Waals surface area contributed by atoms with E-state index in [1.54, 1.807) is 18.3 Å². The number of nitrogens with zero attached hydrogens (tertiary/aromatic N) is 1. The Balaban J connectivity index is 2.32. The minimum atomic E-state index is -0.358. The molecule has 3 rings (SSSR count). The number of aromatic nitrogens is 1. The summed E-state index contributed by atoms with van der Waals surface area (Å²) in [6.45, 7) is 0. The van der Waals surface area contributed by atoms with Gasteiger partial charge in [0.2, 0.25) is 0 Å². The zero-order valence-electron chi connectivity index (χ0n) is 9.76. The maximum atomic E-state index is 11.1. The molecule has 1 heterocycles. The summed E-state index contributed by atoms with van der Waals surface area (Å²) >= 11 is 3.36. The molecule has 0 aliphatic carbocycles. The number of fused-ring (bicyclic) bond motifs is 1. The smallest absolute Gasteiger partial charge is 0.277 e. The van der Waals surface area contributed by atoms with E-state index in [1.165, 1.54) is 6.07 Å². The van der Waals surface area contributed by atoms with E-state index in [9.17, 15) is 10.1 Å². The Morgan fingerprint density at radius 2 is 1.89 bits per heavy atom. The molecule has 4 nitrogen and oxygen atoms in total. The average Bonchev–Trinajstić information content (AvgIpc) is 2.82. The van der Waals surface area contributed by atoms with Crippen LogP contribution in [0.2, 0.25) is 0 Å². The number of halogens is 1. The van der Waals surface area contributed by atoms with Crippen molar-refractivity contribution in [1.82, 2.24) is 4.98 Å². The van der Waals surface area contributed by atoms with Gasteiger partial charge in [0.25, 0.3) is 5.69 Å². The lowest BCUT2D eigenvalue weighted by atomic mass is 10.0. The molecule has 0 spiro atoms. The van der Waals surface area contributed by atoms with Gasteiger partial charge in [0.15, 0.2) is 0 Å². The van der Waals surface area contributed by atoms with Crippen molar-refractivity contribution in [3.8, 4) is 11.1 Å². The molecule has 0 fully saturated rings. The largest absolute Gasteiger partial charge is 0.361 e. The summed E-state index contributed by atoms with van der Waals surface area (Å²) in [4.78, 5) is 13.9. The van der Waals surface area contributed by atoms with Crippen molar-refractivity contribution in [2.24, 2.45) is 0 Å². The van der Waals surface area contributed by atoms with Crippen LogP contribution < -0.4 is 0 Å². The molecule has 1 aromatic heterocycles. The lowest BCUT2D eigenvalue weighted by Gasteiger charge is -2.02. The molecular formula is C14H9BrN2O2. The Kier molecular flexibility index (Phi) is 2.83. The summed E-state index contributed by atoms with van der Waals surface area (Å²) in [6.07, 6.45) is 1.80. The number of benzene rings is 2. The molecule has 0 aliphatic rings.